The maximum atomic E-state index is 12.8. The Morgan fingerprint density at radius 2 is 1.72 bits per heavy atom. The van der Waals surface area contributed by atoms with Crippen molar-refractivity contribution in [3.8, 4) is 0 Å². The summed E-state index contributed by atoms with van der Waals surface area (Å²) in [6.45, 7) is 3.35. The van der Waals surface area contributed by atoms with Crippen LogP contribution in [0.25, 0.3) is 0 Å². The van der Waals surface area contributed by atoms with E-state index in [1.165, 1.54) is 28.6 Å². The van der Waals surface area contributed by atoms with Crippen LogP contribution in [0.2, 0.25) is 0 Å². The van der Waals surface area contributed by atoms with Gasteiger partial charge >= 0.3 is 5.97 Å². The number of benzene rings is 2. The molecule has 170 valence electrons. The Bertz CT molecular complexity index is 1100. The number of amides is 1. The van der Waals surface area contributed by atoms with Crippen LogP contribution in [0.4, 0.5) is 5.69 Å². The molecule has 2 aliphatic heterocycles. The maximum absolute atomic E-state index is 12.8. The third kappa shape index (κ3) is 4.84. The highest BCUT2D eigenvalue weighted by Gasteiger charge is 2.28. The van der Waals surface area contributed by atoms with E-state index in [1.54, 1.807) is 16.7 Å². The first-order chi connectivity index (χ1) is 15.4. The molecular weight excluding hydrogens is 448 g/mol. The molecule has 0 N–H and O–H groups in total. The predicted molar refractivity (Wildman–Crippen MR) is 123 cm³/mol. The van der Waals surface area contributed by atoms with E-state index in [-0.39, 0.29) is 23.0 Å². The van der Waals surface area contributed by atoms with E-state index < -0.39 is 16.0 Å². The highest BCUT2D eigenvalue weighted by molar-refractivity contribution is 8.00. The molecule has 2 aromatic rings. The molecule has 1 unspecified atom stereocenters. The van der Waals surface area contributed by atoms with Gasteiger partial charge in [-0.3, -0.25) is 4.79 Å². The number of rotatable bonds is 5. The highest BCUT2D eigenvalue weighted by Crippen LogP contribution is 2.37. The van der Waals surface area contributed by atoms with Crippen molar-refractivity contribution in [2.75, 3.05) is 31.1 Å². The summed E-state index contributed by atoms with van der Waals surface area (Å²) in [4.78, 5) is 28.2. The Morgan fingerprint density at radius 1 is 1.03 bits per heavy atom. The van der Waals surface area contributed by atoms with Crippen molar-refractivity contribution in [3.63, 3.8) is 0 Å². The van der Waals surface area contributed by atoms with Gasteiger partial charge in [0.05, 0.1) is 16.1 Å². The van der Waals surface area contributed by atoms with Gasteiger partial charge in [-0.15, -0.1) is 11.8 Å². The Kier molecular flexibility index (Phi) is 6.88. The third-order valence-corrected chi connectivity index (χ3v) is 8.81. The molecule has 2 aromatic carbocycles. The monoisotopic (exact) mass is 474 g/mol. The zero-order valence-corrected chi connectivity index (χ0v) is 19.5. The van der Waals surface area contributed by atoms with E-state index in [4.69, 9.17) is 4.74 Å². The largest absolute Gasteiger partial charge is 0.452 e. The van der Waals surface area contributed by atoms with Crippen molar-refractivity contribution < 1.29 is 22.7 Å². The molecule has 32 heavy (non-hydrogen) atoms. The summed E-state index contributed by atoms with van der Waals surface area (Å²) in [6, 6.07) is 13.4. The Labute approximate surface area is 192 Å². The molecule has 1 amide bonds. The number of fused-ring (bicyclic) bond motifs is 1. The van der Waals surface area contributed by atoms with Crippen molar-refractivity contribution in [1.29, 1.82) is 0 Å². The number of carbonyl (C=O) groups is 2. The lowest BCUT2D eigenvalue weighted by atomic mass is 10.2. The van der Waals surface area contributed by atoms with Crippen LogP contribution < -0.4 is 4.90 Å². The second-order valence-corrected chi connectivity index (χ2v) is 11.4. The normalized spacial score (nSPS) is 19.3. The summed E-state index contributed by atoms with van der Waals surface area (Å²) >= 11 is 1.73. The summed E-state index contributed by atoms with van der Waals surface area (Å²) in [5.41, 5.74) is 1.04. The zero-order valence-electron chi connectivity index (χ0n) is 17.9. The fraction of sp³-hybridized carbons (Fsp3) is 0.391. The molecule has 7 nitrogen and oxygen atoms in total. The van der Waals surface area contributed by atoms with Gasteiger partial charge in [-0.05, 0) is 55.7 Å². The van der Waals surface area contributed by atoms with Gasteiger partial charge in [0.25, 0.3) is 5.91 Å². The Hall–Kier alpha value is -2.36. The molecule has 0 aliphatic carbocycles. The molecule has 9 heteroatoms. The lowest BCUT2D eigenvalue weighted by Crippen LogP contribution is -2.35. The third-order valence-electron chi connectivity index (χ3n) is 5.66. The van der Waals surface area contributed by atoms with Gasteiger partial charge in [0, 0.05) is 29.8 Å². The maximum Gasteiger partial charge on any atom is 0.338 e. The molecule has 1 saturated heterocycles. The van der Waals surface area contributed by atoms with Crippen LogP contribution in [0, 0.1) is 0 Å². The predicted octanol–water partition coefficient (Wildman–Crippen LogP) is 3.55. The number of hydrogen-bond donors (Lipinski definition) is 0. The van der Waals surface area contributed by atoms with E-state index in [1.807, 2.05) is 24.3 Å². The average Bonchev–Trinajstić information content (AvgIpc) is 3.29. The van der Waals surface area contributed by atoms with Crippen molar-refractivity contribution in [2.45, 2.75) is 41.2 Å². The average molecular weight is 475 g/mol. The SMILES string of the molecule is CC1CCN(C(=O)COC(=O)c2ccc(S(=O)(=O)N3CCCC3)cc2)c2ccccc2S1. The number of sulfonamides is 1. The summed E-state index contributed by atoms with van der Waals surface area (Å²) in [7, 11) is -3.54. The van der Waals surface area contributed by atoms with E-state index in [0.29, 0.717) is 24.9 Å². The van der Waals surface area contributed by atoms with Gasteiger partial charge in [-0.2, -0.15) is 4.31 Å². The van der Waals surface area contributed by atoms with Crippen LogP contribution >= 0.6 is 11.8 Å². The van der Waals surface area contributed by atoms with Crippen molar-refractivity contribution in [2.24, 2.45) is 0 Å². The number of carbonyl (C=O) groups excluding carboxylic acids is 2. The van der Waals surface area contributed by atoms with Gasteiger partial charge in [0.15, 0.2) is 6.61 Å². The zero-order chi connectivity index (χ0) is 22.7. The first-order valence-corrected chi connectivity index (χ1v) is 13.0. The summed E-state index contributed by atoms with van der Waals surface area (Å²) in [5, 5.41) is 0.381. The quantitative estimate of drug-likeness (QED) is 0.617. The molecule has 0 radical (unpaired) electrons. The molecule has 2 aliphatic rings. The molecule has 1 atom stereocenters. The van der Waals surface area contributed by atoms with Gasteiger partial charge < -0.3 is 9.64 Å². The standard InChI is InChI=1S/C23H26N2O5S2/c1-17-12-15-25(20-6-2-3-7-21(20)31-17)22(26)16-30-23(27)18-8-10-19(11-9-18)32(28,29)24-13-4-5-14-24/h2-3,6-11,17H,4-5,12-16H2,1H3. The van der Waals surface area contributed by atoms with Crippen LogP contribution in [-0.2, 0) is 19.6 Å². The van der Waals surface area contributed by atoms with E-state index in [9.17, 15) is 18.0 Å². The molecule has 2 heterocycles. The number of anilines is 1. The first kappa shape index (κ1) is 22.8. The smallest absolute Gasteiger partial charge is 0.338 e. The highest BCUT2D eigenvalue weighted by atomic mass is 32.2. The number of ether oxygens (including phenoxy) is 1. The van der Waals surface area contributed by atoms with E-state index in [2.05, 4.69) is 6.92 Å². The minimum absolute atomic E-state index is 0.153. The molecule has 0 bridgehead atoms. The lowest BCUT2D eigenvalue weighted by Gasteiger charge is -2.22. The molecule has 4 rings (SSSR count). The van der Waals surface area contributed by atoms with Crippen LogP contribution in [0.1, 0.15) is 36.5 Å². The van der Waals surface area contributed by atoms with Crippen molar-refractivity contribution in [1.82, 2.24) is 4.31 Å². The number of para-hydroxylation sites is 1. The van der Waals surface area contributed by atoms with Crippen molar-refractivity contribution in [3.05, 3.63) is 54.1 Å². The molecular formula is C23H26N2O5S2. The number of hydrogen-bond acceptors (Lipinski definition) is 6. The Morgan fingerprint density at radius 3 is 2.44 bits per heavy atom. The molecule has 0 saturated carbocycles. The lowest BCUT2D eigenvalue weighted by molar-refractivity contribution is -0.121. The molecule has 0 aromatic heterocycles. The summed E-state index contributed by atoms with van der Waals surface area (Å²) in [5.74, 6) is -0.942. The summed E-state index contributed by atoms with van der Waals surface area (Å²) < 4.78 is 31.9. The summed E-state index contributed by atoms with van der Waals surface area (Å²) in [6.07, 6.45) is 2.56. The minimum Gasteiger partial charge on any atom is -0.452 e. The van der Waals surface area contributed by atoms with E-state index in [0.717, 1.165) is 29.8 Å². The number of esters is 1. The fourth-order valence-electron chi connectivity index (χ4n) is 3.87. The molecule has 0 spiro atoms. The first-order valence-electron chi connectivity index (χ1n) is 10.7. The van der Waals surface area contributed by atoms with E-state index >= 15 is 0 Å². The number of thioether (sulfide) groups is 1. The Balaban J connectivity index is 1.40. The van der Waals surface area contributed by atoms with Crippen molar-refractivity contribution >= 4 is 39.3 Å². The van der Waals surface area contributed by atoms with Crippen LogP contribution in [0.5, 0.6) is 0 Å². The molecule has 1 fully saturated rings. The van der Waals surface area contributed by atoms with Gasteiger partial charge in [-0.1, -0.05) is 19.1 Å². The second kappa shape index (κ2) is 9.64. The van der Waals surface area contributed by atoms with Gasteiger partial charge in [0.2, 0.25) is 10.0 Å². The van der Waals surface area contributed by atoms with Crippen LogP contribution in [0.3, 0.4) is 0 Å². The fourth-order valence-corrected chi connectivity index (χ4v) is 6.50. The topological polar surface area (TPSA) is 84.0 Å². The van der Waals surface area contributed by atoms with Gasteiger partial charge in [-0.25, -0.2) is 13.2 Å². The van der Waals surface area contributed by atoms with Crippen LogP contribution in [-0.4, -0.2) is 56.1 Å². The second-order valence-electron chi connectivity index (χ2n) is 7.94. The van der Waals surface area contributed by atoms with Gasteiger partial charge in [0.1, 0.15) is 0 Å². The minimum atomic E-state index is -3.54. The number of nitrogens with zero attached hydrogens (tertiary/aromatic N) is 2. The van der Waals surface area contributed by atoms with Crippen LogP contribution in [0.15, 0.2) is 58.3 Å².